The molecule has 1 atom stereocenters. The third-order valence-electron chi connectivity index (χ3n) is 5.68. The van der Waals surface area contributed by atoms with Crippen LogP contribution < -0.4 is 10.6 Å². The Bertz CT molecular complexity index is 863. The Labute approximate surface area is 164 Å². The van der Waals surface area contributed by atoms with Crippen molar-refractivity contribution in [2.75, 3.05) is 31.1 Å². The molecule has 2 saturated heterocycles. The van der Waals surface area contributed by atoms with Gasteiger partial charge in [0.05, 0.1) is 15.1 Å². The Balaban J connectivity index is 1.42. The molecule has 0 spiro atoms. The number of hydrogen-bond acceptors (Lipinski definition) is 6. The van der Waals surface area contributed by atoms with Crippen LogP contribution in [0.15, 0.2) is 12.4 Å². The van der Waals surface area contributed by atoms with E-state index in [1.165, 1.54) is 17.7 Å². The summed E-state index contributed by atoms with van der Waals surface area (Å²) in [7, 11) is 0. The number of nitrogens with two attached hydrogens (primary N) is 1. The standard InChI is InChI=1S/C18H22F3N5OS/c19-18(20,21)14-2-1-5-26(14)9-11-3-6-25(7-4-11)17-15-12(23-10-24-17)8-13(28-15)16(22)27/h8,10-11,14H,1-7,9H2,(H2,22,27). The molecule has 28 heavy (non-hydrogen) atoms. The van der Waals surface area contributed by atoms with Crippen molar-refractivity contribution in [2.24, 2.45) is 11.7 Å². The molecule has 2 fully saturated rings. The van der Waals surface area contributed by atoms with E-state index in [1.54, 1.807) is 11.0 Å². The summed E-state index contributed by atoms with van der Waals surface area (Å²) in [6.45, 7) is 2.49. The number of likely N-dealkylation sites (tertiary alicyclic amines) is 1. The third kappa shape index (κ3) is 3.80. The van der Waals surface area contributed by atoms with Crippen molar-refractivity contribution in [1.82, 2.24) is 14.9 Å². The van der Waals surface area contributed by atoms with E-state index in [9.17, 15) is 18.0 Å². The average molecular weight is 413 g/mol. The van der Waals surface area contributed by atoms with Crippen LogP contribution in [0.3, 0.4) is 0 Å². The summed E-state index contributed by atoms with van der Waals surface area (Å²) in [5, 5.41) is 0. The molecule has 0 aliphatic carbocycles. The molecule has 2 aromatic heterocycles. The van der Waals surface area contributed by atoms with E-state index in [1.807, 2.05) is 0 Å². The number of hydrogen-bond donors (Lipinski definition) is 1. The highest BCUT2D eigenvalue weighted by atomic mass is 32.1. The van der Waals surface area contributed by atoms with E-state index in [0.29, 0.717) is 29.9 Å². The molecule has 2 aliphatic heterocycles. The Morgan fingerprint density at radius 2 is 1.96 bits per heavy atom. The summed E-state index contributed by atoms with van der Waals surface area (Å²) in [5.41, 5.74) is 6.06. The van der Waals surface area contributed by atoms with Gasteiger partial charge in [0.2, 0.25) is 0 Å². The highest BCUT2D eigenvalue weighted by molar-refractivity contribution is 7.21. The molecule has 0 aromatic carbocycles. The number of nitrogens with zero attached hydrogens (tertiary/aromatic N) is 4. The molecule has 0 bridgehead atoms. The summed E-state index contributed by atoms with van der Waals surface area (Å²) >= 11 is 1.28. The lowest BCUT2D eigenvalue weighted by Gasteiger charge is -2.36. The van der Waals surface area contributed by atoms with Gasteiger partial charge in [-0.15, -0.1) is 11.3 Å². The second-order valence-electron chi connectivity index (χ2n) is 7.51. The van der Waals surface area contributed by atoms with E-state index < -0.39 is 18.1 Å². The highest BCUT2D eigenvalue weighted by Gasteiger charge is 2.46. The van der Waals surface area contributed by atoms with Gasteiger partial charge in [-0.05, 0) is 44.2 Å². The number of amides is 1. The fourth-order valence-electron chi connectivity index (χ4n) is 4.26. The molecule has 152 valence electrons. The van der Waals surface area contributed by atoms with Crippen LogP contribution in [-0.2, 0) is 0 Å². The molecule has 2 aromatic rings. The van der Waals surface area contributed by atoms with Crippen molar-refractivity contribution in [3.8, 4) is 0 Å². The Morgan fingerprint density at radius 1 is 1.21 bits per heavy atom. The number of aromatic nitrogens is 2. The number of piperidine rings is 1. The lowest BCUT2D eigenvalue weighted by atomic mass is 9.96. The predicted octanol–water partition coefficient (Wildman–Crippen LogP) is 3.03. The average Bonchev–Trinajstić information content (AvgIpc) is 3.28. The maximum atomic E-state index is 13.2. The molecule has 2 N–H and O–H groups in total. The first-order valence-corrected chi connectivity index (χ1v) is 10.2. The number of carbonyl (C=O) groups excluding carboxylic acids is 1. The van der Waals surface area contributed by atoms with Crippen molar-refractivity contribution >= 4 is 33.3 Å². The zero-order valence-corrected chi connectivity index (χ0v) is 16.1. The summed E-state index contributed by atoms with van der Waals surface area (Å²) in [6, 6.07) is 0.385. The summed E-state index contributed by atoms with van der Waals surface area (Å²) in [5.74, 6) is 0.536. The van der Waals surface area contributed by atoms with Gasteiger partial charge in [0.15, 0.2) is 0 Å². The van der Waals surface area contributed by atoms with E-state index >= 15 is 0 Å². The molecule has 2 aliphatic rings. The van der Waals surface area contributed by atoms with Crippen molar-refractivity contribution in [3.63, 3.8) is 0 Å². The number of halogens is 3. The maximum absolute atomic E-state index is 13.2. The lowest BCUT2D eigenvalue weighted by Crippen LogP contribution is -2.45. The van der Waals surface area contributed by atoms with Crippen LogP contribution in [0.5, 0.6) is 0 Å². The fraction of sp³-hybridized carbons (Fsp3) is 0.611. The largest absolute Gasteiger partial charge is 0.404 e. The maximum Gasteiger partial charge on any atom is 0.404 e. The summed E-state index contributed by atoms with van der Waals surface area (Å²) in [4.78, 5) is 24.2. The van der Waals surface area contributed by atoms with E-state index in [0.717, 1.165) is 36.4 Å². The molecule has 4 rings (SSSR count). The van der Waals surface area contributed by atoms with Crippen LogP contribution in [0.1, 0.15) is 35.4 Å². The minimum atomic E-state index is -4.14. The minimum Gasteiger partial charge on any atom is -0.365 e. The highest BCUT2D eigenvalue weighted by Crippen LogP contribution is 2.36. The van der Waals surface area contributed by atoms with Gasteiger partial charge in [-0.25, -0.2) is 9.97 Å². The number of carbonyl (C=O) groups is 1. The Morgan fingerprint density at radius 3 is 2.64 bits per heavy atom. The zero-order chi connectivity index (χ0) is 19.9. The van der Waals surface area contributed by atoms with Gasteiger partial charge in [0.1, 0.15) is 18.2 Å². The SMILES string of the molecule is NC(=O)c1cc2ncnc(N3CCC(CN4CCCC4C(F)(F)F)CC3)c2s1. The molecular weight excluding hydrogens is 391 g/mol. The number of thiophene rings is 1. The summed E-state index contributed by atoms with van der Waals surface area (Å²) in [6.07, 6.45) is -0.202. The van der Waals surface area contributed by atoms with Gasteiger partial charge in [-0.1, -0.05) is 0 Å². The van der Waals surface area contributed by atoms with Gasteiger partial charge in [-0.2, -0.15) is 13.2 Å². The molecule has 6 nitrogen and oxygen atoms in total. The van der Waals surface area contributed by atoms with Crippen molar-refractivity contribution < 1.29 is 18.0 Å². The smallest absolute Gasteiger partial charge is 0.365 e. The monoisotopic (exact) mass is 413 g/mol. The van der Waals surface area contributed by atoms with Crippen molar-refractivity contribution in [3.05, 3.63) is 17.3 Å². The van der Waals surface area contributed by atoms with Crippen LogP contribution in [0.2, 0.25) is 0 Å². The number of anilines is 1. The molecule has 1 amide bonds. The van der Waals surface area contributed by atoms with Crippen LogP contribution in [0.4, 0.5) is 19.0 Å². The van der Waals surface area contributed by atoms with Gasteiger partial charge in [0, 0.05) is 19.6 Å². The molecule has 0 saturated carbocycles. The second-order valence-corrected chi connectivity index (χ2v) is 8.56. The lowest BCUT2D eigenvalue weighted by molar-refractivity contribution is -0.177. The molecular formula is C18H22F3N5OS. The predicted molar refractivity (Wildman–Crippen MR) is 102 cm³/mol. The Kier molecular flexibility index (Phi) is 5.17. The molecule has 1 unspecified atom stereocenters. The fourth-order valence-corrected chi connectivity index (χ4v) is 5.24. The molecule has 4 heterocycles. The van der Waals surface area contributed by atoms with Crippen molar-refractivity contribution in [1.29, 1.82) is 0 Å². The van der Waals surface area contributed by atoms with Gasteiger partial charge in [0.25, 0.3) is 5.91 Å². The minimum absolute atomic E-state index is 0.210. The number of fused-ring (bicyclic) bond motifs is 1. The van der Waals surface area contributed by atoms with Crippen molar-refractivity contribution in [2.45, 2.75) is 37.9 Å². The number of primary amides is 1. The third-order valence-corrected chi connectivity index (χ3v) is 6.82. The first kappa shape index (κ1) is 19.4. The van der Waals surface area contributed by atoms with Gasteiger partial charge >= 0.3 is 6.18 Å². The second kappa shape index (κ2) is 7.47. The van der Waals surface area contributed by atoms with E-state index in [-0.39, 0.29) is 12.3 Å². The first-order chi connectivity index (χ1) is 13.3. The zero-order valence-electron chi connectivity index (χ0n) is 15.3. The van der Waals surface area contributed by atoms with Crippen LogP contribution >= 0.6 is 11.3 Å². The van der Waals surface area contributed by atoms with Crippen LogP contribution in [-0.4, -0.2) is 59.2 Å². The molecule has 0 radical (unpaired) electrons. The number of alkyl halides is 3. The van der Waals surface area contributed by atoms with Gasteiger partial charge in [-0.3, -0.25) is 9.69 Å². The van der Waals surface area contributed by atoms with Gasteiger partial charge < -0.3 is 10.6 Å². The Hall–Kier alpha value is -1.94. The first-order valence-electron chi connectivity index (χ1n) is 9.43. The quantitative estimate of drug-likeness (QED) is 0.834. The van der Waals surface area contributed by atoms with E-state index in [2.05, 4.69) is 14.9 Å². The summed E-state index contributed by atoms with van der Waals surface area (Å²) < 4.78 is 40.3. The number of rotatable bonds is 4. The van der Waals surface area contributed by atoms with E-state index in [4.69, 9.17) is 5.73 Å². The van der Waals surface area contributed by atoms with Crippen LogP contribution in [0, 0.1) is 5.92 Å². The molecule has 10 heteroatoms. The normalized spacial score (nSPS) is 22.2. The topological polar surface area (TPSA) is 75.3 Å². The van der Waals surface area contributed by atoms with Crippen LogP contribution in [0.25, 0.3) is 10.2 Å².